The van der Waals surface area contributed by atoms with Crippen molar-refractivity contribution in [1.82, 2.24) is 0 Å². The summed E-state index contributed by atoms with van der Waals surface area (Å²) >= 11 is 5.75. The highest BCUT2D eigenvalue weighted by Gasteiger charge is 2.04. The van der Waals surface area contributed by atoms with Crippen molar-refractivity contribution in [3.8, 4) is 0 Å². The SMILES string of the molecule is O=C(ON=Cc1ccc(Cl)cc1)c1ccccc1. The van der Waals surface area contributed by atoms with E-state index in [1.165, 1.54) is 6.21 Å². The second-order valence-corrected chi connectivity index (χ2v) is 3.97. The van der Waals surface area contributed by atoms with E-state index in [0.717, 1.165) is 5.56 Å². The molecular weight excluding hydrogens is 250 g/mol. The first-order chi connectivity index (χ1) is 8.75. The van der Waals surface area contributed by atoms with Gasteiger partial charge in [0, 0.05) is 5.02 Å². The first kappa shape index (κ1) is 12.3. The van der Waals surface area contributed by atoms with E-state index in [2.05, 4.69) is 5.16 Å². The van der Waals surface area contributed by atoms with Crippen LogP contribution in [0.4, 0.5) is 0 Å². The molecule has 0 heterocycles. The molecule has 90 valence electrons. The van der Waals surface area contributed by atoms with Crippen molar-refractivity contribution in [3.63, 3.8) is 0 Å². The largest absolute Gasteiger partial charge is 0.365 e. The van der Waals surface area contributed by atoms with Gasteiger partial charge in [0.15, 0.2) is 0 Å². The van der Waals surface area contributed by atoms with Crippen LogP contribution in [-0.4, -0.2) is 12.2 Å². The Balaban J connectivity index is 1.96. The summed E-state index contributed by atoms with van der Waals surface area (Å²) in [4.78, 5) is 16.3. The standard InChI is InChI=1S/C14H10ClNO2/c15-13-8-6-11(7-9-13)10-16-18-14(17)12-4-2-1-3-5-12/h1-10H. The lowest BCUT2D eigenvalue weighted by Gasteiger charge is -1.97. The van der Waals surface area contributed by atoms with Gasteiger partial charge in [0.25, 0.3) is 0 Å². The number of hydrogen-bond donors (Lipinski definition) is 0. The van der Waals surface area contributed by atoms with Gasteiger partial charge in [0.2, 0.25) is 0 Å². The Morgan fingerprint density at radius 1 is 1.06 bits per heavy atom. The van der Waals surface area contributed by atoms with Gasteiger partial charge in [-0.05, 0) is 29.8 Å². The monoisotopic (exact) mass is 259 g/mol. The maximum atomic E-state index is 11.5. The average Bonchev–Trinajstić information content (AvgIpc) is 2.42. The third kappa shape index (κ3) is 3.43. The zero-order valence-corrected chi connectivity index (χ0v) is 10.2. The highest BCUT2D eigenvalue weighted by atomic mass is 35.5. The summed E-state index contributed by atoms with van der Waals surface area (Å²) in [6.45, 7) is 0. The second-order valence-electron chi connectivity index (χ2n) is 3.53. The van der Waals surface area contributed by atoms with Crippen LogP contribution in [0.3, 0.4) is 0 Å². The molecule has 0 spiro atoms. The van der Waals surface area contributed by atoms with Crippen LogP contribution in [0.1, 0.15) is 15.9 Å². The molecule has 2 rings (SSSR count). The second kappa shape index (κ2) is 5.98. The van der Waals surface area contributed by atoms with E-state index in [9.17, 15) is 4.79 Å². The smallest absolute Gasteiger partial charge is 0.313 e. The first-order valence-electron chi connectivity index (χ1n) is 5.31. The molecule has 0 atom stereocenters. The molecule has 0 N–H and O–H groups in total. The molecule has 18 heavy (non-hydrogen) atoms. The predicted molar refractivity (Wildman–Crippen MR) is 70.9 cm³/mol. The summed E-state index contributed by atoms with van der Waals surface area (Å²) in [5, 5.41) is 4.28. The molecule has 3 nitrogen and oxygen atoms in total. The first-order valence-corrected chi connectivity index (χ1v) is 5.69. The summed E-state index contributed by atoms with van der Waals surface area (Å²) in [6.07, 6.45) is 1.46. The summed E-state index contributed by atoms with van der Waals surface area (Å²) in [5.74, 6) is -0.485. The van der Waals surface area contributed by atoms with E-state index >= 15 is 0 Å². The van der Waals surface area contributed by atoms with Gasteiger partial charge in [0.05, 0.1) is 11.8 Å². The average molecular weight is 260 g/mol. The Labute approximate surface area is 110 Å². The molecule has 0 saturated carbocycles. The van der Waals surface area contributed by atoms with Crippen molar-refractivity contribution in [2.24, 2.45) is 5.16 Å². The molecule has 0 radical (unpaired) electrons. The van der Waals surface area contributed by atoms with Crippen LogP contribution in [0.15, 0.2) is 59.8 Å². The molecule has 0 bridgehead atoms. The predicted octanol–water partition coefficient (Wildman–Crippen LogP) is 3.53. The van der Waals surface area contributed by atoms with Crippen LogP contribution < -0.4 is 0 Å². The van der Waals surface area contributed by atoms with Gasteiger partial charge >= 0.3 is 5.97 Å². The van der Waals surface area contributed by atoms with Crippen LogP contribution in [0.2, 0.25) is 5.02 Å². The van der Waals surface area contributed by atoms with E-state index in [1.54, 1.807) is 48.5 Å². The Hall–Kier alpha value is -2.13. The molecule has 2 aromatic carbocycles. The summed E-state index contributed by atoms with van der Waals surface area (Å²) in [6, 6.07) is 15.7. The minimum absolute atomic E-state index is 0.464. The number of halogens is 1. The molecule has 4 heteroatoms. The van der Waals surface area contributed by atoms with Crippen molar-refractivity contribution < 1.29 is 9.63 Å². The Kier molecular flexibility index (Phi) is 4.10. The van der Waals surface area contributed by atoms with Gasteiger partial charge in [-0.3, -0.25) is 0 Å². The van der Waals surface area contributed by atoms with Gasteiger partial charge in [-0.25, -0.2) is 4.79 Å². The third-order valence-electron chi connectivity index (χ3n) is 2.22. The number of nitrogens with zero attached hydrogens (tertiary/aromatic N) is 1. The maximum absolute atomic E-state index is 11.5. The molecule has 2 aromatic rings. The molecule has 0 aliphatic carbocycles. The van der Waals surface area contributed by atoms with Crippen molar-refractivity contribution in [2.75, 3.05) is 0 Å². The molecule has 0 fully saturated rings. The lowest BCUT2D eigenvalue weighted by Crippen LogP contribution is -2.00. The third-order valence-corrected chi connectivity index (χ3v) is 2.47. The summed E-state index contributed by atoms with van der Waals surface area (Å²) in [5.41, 5.74) is 1.27. The van der Waals surface area contributed by atoms with Gasteiger partial charge in [-0.15, -0.1) is 0 Å². The van der Waals surface area contributed by atoms with Crippen LogP contribution in [0, 0.1) is 0 Å². The number of hydrogen-bond acceptors (Lipinski definition) is 3. The Morgan fingerprint density at radius 2 is 1.72 bits per heavy atom. The quantitative estimate of drug-likeness (QED) is 0.480. The van der Waals surface area contributed by atoms with Gasteiger partial charge in [-0.1, -0.05) is 47.1 Å². The Morgan fingerprint density at radius 3 is 2.39 bits per heavy atom. The molecular formula is C14H10ClNO2. The Bertz CT molecular complexity index is 550. The van der Waals surface area contributed by atoms with E-state index in [-0.39, 0.29) is 0 Å². The molecule has 0 aromatic heterocycles. The zero-order chi connectivity index (χ0) is 12.8. The summed E-state index contributed by atoms with van der Waals surface area (Å²) < 4.78 is 0. The van der Waals surface area contributed by atoms with Crippen LogP contribution in [0.25, 0.3) is 0 Å². The van der Waals surface area contributed by atoms with Crippen LogP contribution >= 0.6 is 11.6 Å². The van der Waals surface area contributed by atoms with Crippen molar-refractivity contribution >= 4 is 23.8 Å². The topological polar surface area (TPSA) is 38.7 Å². The van der Waals surface area contributed by atoms with E-state index < -0.39 is 5.97 Å². The lowest BCUT2D eigenvalue weighted by molar-refractivity contribution is 0.0519. The minimum atomic E-state index is -0.485. The fourth-order valence-electron chi connectivity index (χ4n) is 1.31. The molecule has 0 aliphatic rings. The van der Waals surface area contributed by atoms with E-state index in [4.69, 9.17) is 16.4 Å². The fraction of sp³-hybridized carbons (Fsp3) is 0. The highest BCUT2D eigenvalue weighted by Crippen LogP contribution is 2.08. The number of carbonyl (C=O) groups is 1. The maximum Gasteiger partial charge on any atom is 0.365 e. The minimum Gasteiger partial charge on any atom is -0.313 e. The van der Waals surface area contributed by atoms with Gasteiger partial charge in [-0.2, -0.15) is 0 Å². The molecule has 0 saturated heterocycles. The van der Waals surface area contributed by atoms with Gasteiger partial charge < -0.3 is 4.84 Å². The van der Waals surface area contributed by atoms with Gasteiger partial charge in [0.1, 0.15) is 0 Å². The number of rotatable bonds is 3. The van der Waals surface area contributed by atoms with Crippen LogP contribution in [0.5, 0.6) is 0 Å². The molecule has 0 amide bonds. The van der Waals surface area contributed by atoms with E-state index in [1.807, 2.05) is 6.07 Å². The molecule has 0 aliphatic heterocycles. The van der Waals surface area contributed by atoms with Crippen molar-refractivity contribution in [2.45, 2.75) is 0 Å². The number of carbonyl (C=O) groups excluding carboxylic acids is 1. The van der Waals surface area contributed by atoms with Crippen molar-refractivity contribution in [1.29, 1.82) is 0 Å². The number of oxime groups is 1. The fourth-order valence-corrected chi connectivity index (χ4v) is 1.44. The lowest BCUT2D eigenvalue weighted by atomic mass is 10.2. The normalized spacial score (nSPS) is 10.5. The van der Waals surface area contributed by atoms with Crippen molar-refractivity contribution in [3.05, 3.63) is 70.7 Å². The molecule has 0 unspecified atom stereocenters. The highest BCUT2D eigenvalue weighted by molar-refractivity contribution is 6.30. The summed E-state index contributed by atoms with van der Waals surface area (Å²) in [7, 11) is 0. The van der Waals surface area contributed by atoms with E-state index in [0.29, 0.717) is 10.6 Å². The number of benzene rings is 2. The van der Waals surface area contributed by atoms with Crippen LogP contribution in [-0.2, 0) is 4.84 Å². The zero-order valence-electron chi connectivity index (χ0n) is 9.42.